The zero-order valence-electron chi connectivity index (χ0n) is 16.6. The summed E-state index contributed by atoms with van der Waals surface area (Å²) >= 11 is 0. The first-order chi connectivity index (χ1) is 12.8. The Kier molecular flexibility index (Phi) is 6.82. The zero-order valence-corrected chi connectivity index (χ0v) is 16.6. The topological polar surface area (TPSA) is 69.1 Å². The Balaban J connectivity index is 2.04. The third-order valence-electron chi connectivity index (χ3n) is 4.14. The van der Waals surface area contributed by atoms with Gasteiger partial charge in [-0.25, -0.2) is 0 Å². The van der Waals surface area contributed by atoms with Crippen LogP contribution >= 0.6 is 0 Å². The molecule has 0 aromatic heterocycles. The molecule has 0 aliphatic carbocycles. The van der Waals surface area contributed by atoms with Crippen LogP contribution in [-0.2, 0) is 9.63 Å². The van der Waals surface area contributed by atoms with E-state index in [9.17, 15) is 4.79 Å². The van der Waals surface area contributed by atoms with E-state index in [0.29, 0.717) is 17.1 Å². The average Bonchev–Trinajstić information content (AvgIpc) is 2.64. The number of methoxy groups -OCH3 is 2. The largest absolute Gasteiger partial charge is 0.497 e. The highest BCUT2D eigenvalue weighted by Crippen LogP contribution is 2.23. The van der Waals surface area contributed by atoms with Crippen molar-refractivity contribution in [3.05, 3.63) is 52.6 Å². The average molecular weight is 370 g/mol. The molecule has 0 fully saturated rings. The monoisotopic (exact) mass is 370 g/mol. The number of hydrogen-bond acceptors (Lipinski definition) is 5. The minimum Gasteiger partial charge on any atom is -0.497 e. The van der Waals surface area contributed by atoms with Crippen LogP contribution < -0.4 is 14.8 Å². The number of hydrogen-bond donors (Lipinski definition) is 1. The predicted molar refractivity (Wildman–Crippen MR) is 107 cm³/mol. The van der Waals surface area contributed by atoms with E-state index >= 15 is 0 Å². The van der Waals surface area contributed by atoms with E-state index in [1.807, 2.05) is 32.9 Å². The molecule has 0 radical (unpaired) electrons. The molecule has 0 saturated heterocycles. The number of amides is 1. The molecule has 1 atom stereocenters. The molecule has 0 heterocycles. The summed E-state index contributed by atoms with van der Waals surface area (Å²) in [6.45, 7) is 7.61. The predicted octanol–water partition coefficient (Wildman–Crippen LogP) is 4.01. The molecule has 0 spiro atoms. The van der Waals surface area contributed by atoms with Gasteiger partial charge in [-0.2, -0.15) is 0 Å². The van der Waals surface area contributed by atoms with Crippen molar-refractivity contribution >= 4 is 17.8 Å². The summed E-state index contributed by atoms with van der Waals surface area (Å²) in [5.41, 5.74) is 4.67. The normalized spacial score (nSPS) is 11.9. The van der Waals surface area contributed by atoms with Crippen LogP contribution in [-0.4, -0.2) is 32.4 Å². The second-order valence-electron chi connectivity index (χ2n) is 6.35. The van der Waals surface area contributed by atoms with E-state index in [1.54, 1.807) is 39.3 Å². The van der Waals surface area contributed by atoms with E-state index < -0.39 is 6.10 Å². The maximum atomic E-state index is 12.4. The molecule has 2 aromatic carbocycles. The van der Waals surface area contributed by atoms with Gasteiger partial charge in [0.25, 0.3) is 5.91 Å². The van der Waals surface area contributed by atoms with Crippen molar-refractivity contribution in [3.8, 4) is 11.5 Å². The maximum absolute atomic E-state index is 12.4. The van der Waals surface area contributed by atoms with Gasteiger partial charge in [0.15, 0.2) is 0 Å². The molecule has 0 aliphatic heterocycles. The van der Waals surface area contributed by atoms with Crippen LogP contribution in [0.4, 0.5) is 5.69 Å². The summed E-state index contributed by atoms with van der Waals surface area (Å²) in [7, 11) is 3.16. The Morgan fingerprint density at radius 2 is 1.74 bits per heavy atom. The highest BCUT2D eigenvalue weighted by molar-refractivity contribution is 5.95. The van der Waals surface area contributed by atoms with E-state index in [0.717, 1.165) is 22.4 Å². The van der Waals surface area contributed by atoms with E-state index in [1.165, 1.54) is 6.21 Å². The van der Waals surface area contributed by atoms with Crippen molar-refractivity contribution in [1.82, 2.24) is 0 Å². The van der Waals surface area contributed by atoms with Crippen molar-refractivity contribution in [2.45, 2.75) is 33.8 Å². The summed E-state index contributed by atoms with van der Waals surface area (Å²) in [4.78, 5) is 17.7. The Bertz CT molecular complexity index is 823. The van der Waals surface area contributed by atoms with Crippen LogP contribution in [0.25, 0.3) is 0 Å². The lowest BCUT2D eigenvalue weighted by molar-refractivity contribution is -0.126. The van der Waals surface area contributed by atoms with Crippen LogP contribution in [0.5, 0.6) is 11.5 Å². The lowest BCUT2D eigenvalue weighted by atomic mass is 10.0. The van der Waals surface area contributed by atoms with Gasteiger partial charge in [-0.1, -0.05) is 22.9 Å². The third kappa shape index (κ3) is 5.23. The second kappa shape index (κ2) is 9.07. The minimum atomic E-state index is -0.752. The first-order valence-corrected chi connectivity index (χ1v) is 8.65. The highest BCUT2D eigenvalue weighted by Gasteiger charge is 2.16. The smallest absolute Gasteiger partial charge is 0.268 e. The summed E-state index contributed by atoms with van der Waals surface area (Å²) < 4.78 is 10.5. The molecule has 0 aliphatic rings. The molecule has 6 nitrogen and oxygen atoms in total. The maximum Gasteiger partial charge on any atom is 0.268 e. The van der Waals surface area contributed by atoms with Gasteiger partial charge in [0.05, 0.1) is 20.4 Å². The zero-order chi connectivity index (χ0) is 20.0. The molecular formula is C21H26N2O4. The number of nitrogens with zero attached hydrogens (tertiary/aromatic N) is 1. The number of ether oxygens (including phenoxy) is 2. The van der Waals surface area contributed by atoms with Gasteiger partial charge < -0.3 is 19.6 Å². The molecule has 1 unspecified atom stereocenters. The fraction of sp³-hybridized carbons (Fsp3) is 0.333. The number of benzene rings is 2. The van der Waals surface area contributed by atoms with Crippen LogP contribution in [0, 0.1) is 20.8 Å². The SMILES string of the molecule is COc1ccc(OC)c(/C=N/OC(C)C(=O)Nc2c(C)cc(C)cc2C)c1. The second-order valence-corrected chi connectivity index (χ2v) is 6.35. The Hall–Kier alpha value is -3.02. The van der Waals surface area contributed by atoms with Crippen molar-refractivity contribution in [2.24, 2.45) is 5.16 Å². The van der Waals surface area contributed by atoms with Gasteiger partial charge in [-0.3, -0.25) is 4.79 Å². The number of aryl methyl sites for hydroxylation is 3. The van der Waals surface area contributed by atoms with Gasteiger partial charge in [-0.05, 0) is 57.0 Å². The molecule has 1 N–H and O–H groups in total. The molecule has 144 valence electrons. The van der Waals surface area contributed by atoms with Crippen molar-refractivity contribution in [3.63, 3.8) is 0 Å². The van der Waals surface area contributed by atoms with Gasteiger partial charge >= 0.3 is 0 Å². The van der Waals surface area contributed by atoms with Crippen molar-refractivity contribution in [2.75, 3.05) is 19.5 Å². The first-order valence-electron chi connectivity index (χ1n) is 8.65. The lowest BCUT2D eigenvalue weighted by Gasteiger charge is -2.15. The van der Waals surface area contributed by atoms with Gasteiger partial charge in [0.2, 0.25) is 6.10 Å². The highest BCUT2D eigenvalue weighted by atomic mass is 16.6. The van der Waals surface area contributed by atoms with Crippen molar-refractivity contribution in [1.29, 1.82) is 0 Å². The molecule has 0 bridgehead atoms. The van der Waals surface area contributed by atoms with Crippen LogP contribution in [0.2, 0.25) is 0 Å². The van der Waals surface area contributed by atoms with E-state index in [-0.39, 0.29) is 5.91 Å². The number of carbonyl (C=O) groups is 1. The minimum absolute atomic E-state index is 0.264. The van der Waals surface area contributed by atoms with Crippen LogP contribution in [0.3, 0.4) is 0 Å². The standard InChI is InChI=1S/C21H26N2O4/c1-13-9-14(2)20(15(3)10-13)23-21(24)16(4)27-22-12-17-11-18(25-5)7-8-19(17)26-6/h7-12,16H,1-6H3,(H,23,24)/b22-12+. The Morgan fingerprint density at radius 1 is 1.07 bits per heavy atom. The summed E-state index contributed by atoms with van der Waals surface area (Å²) in [5.74, 6) is 1.04. The van der Waals surface area contributed by atoms with Gasteiger partial charge in [0.1, 0.15) is 11.5 Å². The molecule has 1 amide bonds. The number of rotatable bonds is 7. The lowest BCUT2D eigenvalue weighted by Crippen LogP contribution is -2.27. The summed E-state index contributed by atoms with van der Waals surface area (Å²) in [5, 5.41) is 6.84. The Labute approximate surface area is 160 Å². The number of carbonyl (C=O) groups excluding carboxylic acids is 1. The van der Waals surface area contributed by atoms with Crippen molar-refractivity contribution < 1.29 is 19.1 Å². The summed E-state index contributed by atoms with van der Waals surface area (Å²) in [6, 6.07) is 9.40. The molecule has 27 heavy (non-hydrogen) atoms. The molecule has 0 saturated carbocycles. The number of anilines is 1. The van der Waals surface area contributed by atoms with Gasteiger partial charge in [-0.15, -0.1) is 0 Å². The Morgan fingerprint density at radius 3 is 2.33 bits per heavy atom. The van der Waals surface area contributed by atoms with Gasteiger partial charge in [0, 0.05) is 11.3 Å². The molecule has 6 heteroatoms. The third-order valence-corrected chi connectivity index (χ3v) is 4.14. The quantitative estimate of drug-likeness (QED) is 0.591. The number of nitrogens with one attached hydrogen (secondary N) is 1. The molecular weight excluding hydrogens is 344 g/mol. The fourth-order valence-electron chi connectivity index (χ4n) is 2.77. The number of oxime groups is 1. The molecule has 2 aromatic rings. The van der Waals surface area contributed by atoms with E-state index in [2.05, 4.69) is 10.5 Å². The fourth-order valence-corrected chi connectivity index (χ4v) is 2.77. The first kappa shape index (κ1) is 20.3. The summed E-state index contributed by atoms with van der Waals surface area (Å²) in [6.07, 6.45) is 0.742. The van der Waals surface area contributed by atoms with E-state index in [4.69, 9.17) is 14.3 Å². The molecule has 2 rings (SSSR count). The van der Waals surface area contributed by atoms with Crippen LogP contribution in [0.1, 0.15) is 29.2 Å². The van der Waals surface area contributed by atoms with Crippen LogP contribution in [0.15, 0.2) is 35.5 Å².